The van der Waals surface area contributed by atoms with Crippen LogP contribution in [0.5, 0.6) is 0 Å². The fraction of sp³-hybridized carbons (Fsp3) is 0.692. The zero-order valence-electron chi connectivity index (χ0n) is 11.2. The van der Waals surface area contributed by atoms with E-state index in [1.54, 1.807) is 0 Å². The lowest BCUT2D eigenvalue weighted by atomic mass is 9.85. The summed E-state index contributed by atoms with van der Waals surface area (Å²) in [5.41, 5.74) is 6.43. The molecule has 0 atom stereocenters. The molecule has 2 aliphatic rings. The molecule has 2 fully saturated rings. The fourth-order valence-electron chi connectivity index (χ4n) is 2.40. The van der Waals surface area contributed by atoms with E-state index in [1.165, 1.54) is 30.8 Å². The third-order valence-electron chi connectivity index (χ3n) is 3.94. The number of carbonyl (C=O) groups excluding carboxylic acids is 1. The van der Waals surface area contributed by atoms with Crippen LogP contribution in [0.3, 0.4) is 0 Å². The van der Waals surface area contributed by atoms with Crippen LogP contribution in [-0.4, -0.2) is 29.9 Å². The zero-order valence-corrected chi connectivity index (χ0v) is 12.0. The highest BCUT2D eigenvalue weighted by Crippen LogP contribution is 2.34. The van der Waals surface area contributed by atoms with Crippen molar-refractivity contribution in [1.82, 2.24) is 9.69 Å². The standard InChI is InChI=1S/C13H20N4OS/c1-17(7-8-3-2-4-8)13-10(11(14)16-19-13)12(18)15-9-5-6-9/h8-9H,2-7H2,1H3,(H2,14,16)(H,15,18). The highest BCUT2D eigenvalue weighted by atomic mass is 32.1. The maximum absolute atomic E-state index is 12.2. The molecule has 0 saturated heterocycles. The van der Waals surface area contributed by atoms with Crippen molar-refractivity contribution < 1.29 is 4.79 Å². The molecule has 1 aromatic rings. The lowest BCUT2D eigenvalue weighted by molar-refractivity contribution is 0.0952. The van der Waals surface area contributed by atoms with E-state index in [4.69, 9.17) is 5.73 Å². The number of anilines is 2. The van der Waals surface area contributed by atoms with Gasteiger partial charge in [-0.2, -0.15) is 4.37 Å². The molecular formula is C13H20N4OS. The number of nitrogens with two attached hydrogens (primary N) is 1. The van der Waals surface area contributed by atoms with E-state index >= 15 is 0 Å². The van der Waals surface area contributed by atoms with Gasteiger partial charge in [0.1, 0.15) is 10.6 Å². The molecule has 2 aliphatic carbocycles. The molecule has 0 spiro atoms. The van der Waals surface area contributed by atoms with Crippen molar-refractivity contribution in [3.8, 4) is 0 Å². The number of nitrogen functional groups attached to an aromatic ring is 1. The van der Waals surface area contributed by atoms with Gasteiger partial charge in [-0.3, -0.25) is 4.79 Å². The number of rotatable bonds is 5. The summed E-state index contributed by atoms with van der Waals surface area (Å²) < 4.78 is 4.15. The minimum absolute atomic E-state index is 0.0655. The topological polar surface area (TPSA) is 71.2 Å². The van der Waals surface area contributed by atoms with Gasteiger partial charge in [-0.25, -0.2) is 0 Å². The molecule has 0 aromatic carbocycles. The van der Waals surface area contributed by atoms with Crippen molar-refractivity contribution in [3.05, 3.63) is 5.56 Å². The molecular weight excluding hydrogens is 260 g/mol. The third kappa shape index (κ3) is 2.68. The van der Waals surface area contributed by atoms with E-state index in [0.717, 1.165) is 30.3 Å². The summed E-state index contributed by atoms with van der Waals surface area (Å²) in [7, 11) is 2.03. The van der Waals surface area contributed by atoms with Crippen molar-refractivity contribution in [2.75, 3.05) is 24.2 Å². The van der Waals surface area contributed by atoms with Gasteiger partial charge in [0.25, 0.3) is 5.91 Å². The number of amides is 1. The van der Waals surface area contributed by atoms with Gasteiger partial charge in [-0.15, -0.1) is 0 Å². The fourth-order valence-corrected chi connectivity index (χ4v) is 3.18. The van der Waals surface area contributed by atoms with E-state index in [-0.39, 0.29) is 5.91 Å². The van der Waals surface area contributed by atoms with Gasteiger partial charge in [-0.1, -0.05) is 6.42 Å². The summed E-state index contributed by atoms with van der Waals surface area (Å²) in [5, 5.41) is 3.90. The van der Waals surface area contributed by atoms with Crippen LogP contribution in [-0.2, 0) is 0 Å². The van der Waals surface area contributed by atoms with Crippen molar-refractivity contribution >= 4 is 28.3 Å². The summed E-state index contributed by atoms with van der Waals surface area (Å²) >= 11 is 1.33. The Morgan fingerprint density at radius 2 is 2.21 bits per heavy atom. The van der Waals surface area contributed by atoms with Crippen LogP contribution < -0.4 is 16.0 Å². The average Bonchev–Trinajstić information content (AvgIpc) is 3.04. The normalized spacial score (nSPS) is 19.0. The second-order valence-corrected chi connectivity index (χ2v) is 6.43. The lowest BCUT2D eigenvalue weighted by Crippen LogP contribution is -2.32. The quantitative estimate of drug-likeness (QED) is 0.863. The Labute approximate surface area is 117 Å². The number of nitrogens with zero attached hydrogens (tertiary/aromatic N) is 2. The molecule has 0 bridgehead atoms. The van der Waals surface area contributed by atoms with Gasteiger partial charge in [0.15, 0.2) is 5.82 Å². The summed E-state index contributed by atoms with van der Waals surface area (Å²) in [4.78, 5) is 14.4. The van der Waals surface area contributed by atoms with Crippen LogP contribution >= 0.6 is 11.5 Å². The molecule has 1 aromatic heterocycles. The van der Waals surface area contributed by atoms with Crippen LogP contribution in [0.25, 0.3) is 0 Å². The summed E-state index contributed by atoms with van der Waals surface area (Å²) in [5.74, 6) is 1.05. The van der Waals surface area contributed by atoms with E-state index < -0.39 is 0 Å². The molecule has 3 N–H and O–H groups in total. The first-order valence-electron chi connectivity index (χ1n) is 6.92. The van der Waals surface area contributed by atoms with Gasteiger partial charge < -0.3 is 16.0 Å². The van der Waals surface area contributed by atoms with Crippen LogP contribution in [0.4, 0.5) is 10.8 Å². The Hall–Kier alpha value is -1.30. The molecule has 0 radical (unpaired) electrons. The van der Waals surface area contributed by atoms with Crippen molar-refractivity contribution in [1.29, 1.82) is 0 Å². The van der Waals surface area contributed by atoms with Gasteiger partial charge in [0, 0.05) is 19.6 Å². The smallest absolute Gasteiger partial charge is 0.258 e. The van der Waals surface area contributed by atoms with E-state index in [9.17, 15) is 4.79 Å². The highest BCUT2D eigenvalue weighted by molar-refractivity contribution is 7.11. The summed E-state index contributed by atoms with van der Waals surface area (Å²) in [6.45, 7) is 0.991. The second kappa shape index (κ2) is 5.00. The molecule has 0 unspecified atom stereocenters. The van der Waals surface area contributed by atoms with Crippen molar-refractivity contribution in [2.24, 2.45) is 5.92 Å². The van der Waals surface area contributed by atoms with Gasteiger partial charge in [0.2, 0.25) is 0 Å². The molecule has 3 rings (SSSR count). The average molecular weight is 280 g/mol. The Bertz CT molecular complexity index is 479. The van der Waals surface area contributed by atoms with Crippen LogP contribution in [0.1, 0.15) is 42.5 Å². The second-order valence-electron chi connectivity index (χ2n) is 5.67. The van der Waals surface area contributed by atoms with Gasteiger partial charge in [0.05, 0.1) is 0 Å². The van der Waals surface area contributed by atoms with Gasteiger partial charge in [-0.05, 0) is 43.1 Å². The molecule has 19 heavy (non-hydrogen) atoms. The predicted molar refractivity (Wildman–Crippen MR) is 77.6 cm³/mol. The van der Waals surface area contributed by atoms with Crippen LogP contribution in [0.2, 0.25) is 0 Å². The summed E-state index contributed by atoms with van der Waals surface area (Å²) in [6.07, 6.45) is 6.08. The largest absolute Gasteiger partial charge is 0.382 e. The molecule has 104 valence electrons. The molecule has 5 nitrogen and oxygen atoms in total. The number of hydrogen-bond donors (Lipinski definition) is 2. The molecule has 1 heterocycles. The van der Waals surface area contributed by atoms with E-state index in [2.05, 4.69) is 14.6 Å². The maximum atomic E-state index is 12.2. The zero-order chi connectivity index (χ0) is 13.4. The molecule has 0 aliphatic heterocycles. The number of aromatic nitrogens is 1. The maximum Gasteiger partial charge on any atom is 0.258 e. The SMILES string of the molecule is CN(CC1CCC1)c1snc(N)c1C(=O)NC1CC1. The third-order valence-corrected chi connectivity index (χ3v) is 4.92. The van der Waals surface area contributed by atoms with Crippen LogP contribution in [0, 0.1) is 5.92 Å². The Kier molecular flexibility index (Phi) is 3.35. The molecule has 1 amide bonds. The number of hydrogen-bond acceptors (Lipinski definition) is 5. The van der Waals surface area contributed by atoms with Crippen molar-refractivity contribution in [3.63, 3.8) is 0 Å². The highest BCUT2D eigenvalue weighted by Gasteiger charge is 2.29. The van der Waals surface area contributed by atoms with E-state index in [1.807, 2.05) is 7.05 Å². The Morgan fingerprint density at radius 3 is 2.79 bits per heavy atom. The van der Waals surface area contributed by atoms with Gasteiger partial charge >= 0.3 is 0 Å². The first-order chi connectivity index (χ1) is 9.15. The Balaban J connectivity index is 1.73. The monoisotopic (exact) mass is 280 g/mol. The number of carbonyl (C=O) groups is 1. The summed E-state index contributed by atoms with van der Waals surface area (Å²) in [6, 6.07) is 0.344. The van der Waals surface area contributed by atoms with Crippen LogP contribution in [0.15, 0.2) is 0 Å². The minimum Gasteiger partial charge on any atom is -0.382 e. The Morgan fingerprint density at radius 1 is 1.47 bits per heavy atom. The minimum atomic E-state index is -0.0655. The lowest BCUT2D eigenvalue weighted by Gasteiger charge is -2.30. The van der Waals surface area contributed by atoms with Crippen molar-refractivity contribution in [2.45, 2.75) is 38.1 Å². The van der Waals surface area contributed by atoms with E-state index in [0.29, 0.717) is 17.4 Å². The number of nitrogens with one attached hydrogen (secondary N) is 1. The predicted octanol–water partition coefficient (Wildman–Crippen LogP) is 1.85. The molecule has 2 saturated carbocycles. The first kappa shape index (κ1) is 12.7. The molecule has 6 heteroatoms. The first-order valence-corrected chi connectivity index (χ1v) is 7.69.